The number of hydrogen-bond acceptors (Lipinski definition) is 4. The molecule has 0 aliphatic rings. The summed E-state index contributed by atoms with van der Waals surface area (Å²) in [6.45, 7) is 2.88. The predicted octanol–water partition coefficient (Wildman–Crippen LogP) is 0.591. The van der Waals surface area contributed by atoms with Gasteiger partial charge in [-0.2, -0.15) is 0 Å². The second-order valence-electron chi connectivity index (χ2n) is 4.45. The number of amides is 2. The predicted molar refractivity (Wildman–Crippen MR) is 80.8 cm³/mol. The highest BCUT2D eigenvalue weighted by Gasteiger charge is 2.17. The lowest BCUT2D eigenvalue weighted by Crippen LogP contribution is -2.37. The van der Waals surface area contributed by atoms with E-state index in [2.05, 4.69) is 10.6 Å². The molecule has 0 saturated heterocycles. The molecule has 6 heteroatoms. The highest BCUT2D eigenvalue weighted by atomic mass is 16.2. The zero-order chi connectivity index (χ0) is 15.1. The van der Waals surface area contributed by atoms with Crippen LogP contribution < -0.4 is 21.3 Å². The van der Waals surface area contributed by atoms with Crippen LogP contribution in [0.4, 0.5) is 11.4 Å². The Labute approximate surface area is 119 Å². The second-order valence-corrected chi connectivity index (χ2v) is 4.45. The van der Waals surface area contributed by atoms with Gasteiger partial charge in [0.25, 0.3) is 5.91 Å². The van der Waals surface area contributed by atoms with Crippen molar-refractivity contribution in [3.63, 3.8) is 0 Å². The number of anilines is 2. The summed E-state index contributed by atoms with van der Waals surface area (Å²) in [4.78, 5) is 25.4. The zero-order valence-corrected chi connectivity index (χ0v) is 12.2. The van der Waals surface area contributed by atoms with Crippen LogP contribution in [0.15, 0.2) is 18.2 Å². The fourth-order valence-corrected chi connectivity index (χ4v) is 1.94. The molecule has 0 radical (unpaired) electrons. The Balaban J connectivity index is 3.19. The first-order valence-electron chi connectivity index (χ1n) is 6.60. The first kappa shape index (κ1) is 15.8. The number of nitrogens with two attached hydrogens (primary N) is 1. The van der Waals surface area contributed by atoms with Crippen LogP contribution >= 0.6 is 0 Å². The SMILES string of the molecule is CCCN(CC(=O)NC)c1cc(N)ccc1C(=O)NC. The molecular weight excluding hydrogens is 256 g/mol. The van der Waals surface area contributed by atoms with Gasteiger partial charge in [0.1, 0.15) is 0 Å². The second kappa shape index (κ2) is 7.37. The van der Waals surface area contributed by atoms with E-state index in [1.54, 1.807) is 32.3 Å². The minimum Gasteiger partial charge on any atom is -0.399 e. The van der Waals surface area contributed by atoms with Crippen molar-refractivity contribution in [1.29, 1.82) is 0 Å². The number of carbonyl (C=O) groups is 2. The van der Waals surface area contributed by atoms with E-state index in [0.29, 0.717) is 23.5 Å². The van der Waals surface area contributed by atoms with Crippen molar-refractivity contribution in [2.45, 2.75) is 13.3 Å². The Bertz CT molecular complexity index is 488. The van der Waals surface area contributed by atoms with Gasteiger partial charge in [0.15, 0.2) is 0 Å². The molecule has 0 bridgehead atoms. The highest BCUT2D eigenvalue weighted by Crippen LogP contribution is 2.24. The standard InChI is InChI=1S/C14H22N4O2/c1-4-7-18(9-13(19)16-2)12-8-10(15)5-6-11(12)14(20)17-3/h5-6,8H,4,7,9,15H2,1-3H3,(H,16,19)(H,17,20). The average Bonchev–Trinajstić information content (AvgIpc) is 2.45. The number of nitrogen functional groups attached to an aromatic ring is 1. The molecule has 0 aromatic heterocycles. The molecule has 20 heavy (non-hydrogen) atoms. The molecule has 1 rings (SSSR count). The number of likely N-dealkylation sites (N-methyl/N-ethyl adjacent to an activating group) is 1. The summed E-state index contributed by atoms with van der Waals surface area (Å²) in [5.41, 5.74) is 7.56. The maximum absolute atomic E-state index is 11.9. The number of nitrogens with one attached hydrogen (secondary N) is 2. The quantitative estimate of drug-likeness (QED) is 0.665. The van der Waals surface area contributed by atoms with E-state index in [0.717, 1.165) is 6.42 Å². The van der Waals surface area contributed by atoms with Crippen LogP contribution in [0.3, 0.4) is 0 Å². The monoisotopic (exact) mass is 278 g/mol. The van der Waals surface area contributed by atoms with E-state index >= 15 is 0 Å². The van der Waals surface area contributed by atoms with Crippen molar-refractivity contribution >= 4 is 23.2 Å². The average molecular weight is 278 g/mol. The summed E-state index contributed by atoms with van der Waals surface area (Å²) in [7, 11) is 3.16. The van der Waals surface area contributed by atoms with Crippen LogP contribution in [0.1, 0.15) is 23.7 Å². The van der Waals surface area contributed by atoms with Crippen molar-refractivity contribution in [1.82, 2.24) is 10.6 Å². The zero-order valence-electron chi connectivity index (χ0n) is 12.2. The summed E-state index contributed by atoms with van der Waals surface area (Å²) in [6.07, 6.45) is 0.860. The molecule has 2 amide bonds. The van der Waals surface area contributed by atoms with Gasteiger partial charge in [-0.05, 0) is 24.6 Å². The molecule has 0 saturated carbocycles. The summed E-state index contributed by atoms with van der Waals surface area (Å²) in [5.74, 6) is -0.304. The molecule has 0 spiro atoms. The maximum atomic E-state index is 11.9. The van der Waals surface area contributed by atoms with Crippen molar-refractivity contribution < 1.29 is 9.59 Å². The minimum atomic E-state index is -0.196. The van der Waals surface area contributed by atoms with Crippen LogP contribution in [-0.2, 0) is 4.79 Å². The van der Waals surface area contributed by atoms with Crippen molar-refractivity contribution in [3.05, 3.63) is 23.8 Å². The molecule has 0 fully saturated rings. The molecule has 110 valence electrons. The smallest absolute Gasteiger partial charge is 0.253 e. The first-order chi connectivity index (χ1) is 9.53. The van der Waals surface area contributed by atoms with Gasteiger partial charge >= 0.3 is 0 Å². The molecule has 0 heterocycles. The Morgan fingerprint density at radius 1 is 1.25 bits per heavy atom. The molecule has 4 N–H and O–H groups in total. The molecular formula is C14H22N4O2. The van der Waals surface area contributed by atoms with Crippen molar-refractivity contribution in [2.24, 2.45) is 0 Å². The van der Waals surface area contributed by atoms with E-state index in [1.165, 1.54) is 0 Å². The molecule has 6 nitrogen and oxygen atoms in total. The lowest BCUT2D eigenvalue weighted by atomic mass is 10.1. The topological polar surface area (TPSA) is 87.5 Å². The largest absolute Gasteiger partial charge is 0.399 e. The lowest BCUT2D eigenvalue weighted by Gasteiger charge is -2.25. The highest BCUT2D eigenvalue weighted by molar-refractivity contribution is 6.00. The number of carbonyl (C=O) groups excluding carboxylic acids is 2. The van der Waals surface area contributed by atoms with Gasteiger partial charge in [-0.25, -0.2) is 0 Å². The Morgan fingerprint density at radius 3 is 2.50 bits per heavy atom. The van der Waals surface area contributed by atoms with Gasteiger partial charge in [-0.1, -0.05) is 6.92 Å². The van der Waals surface area contributed by atoms with Crippen molar-refractivity contribution in [3.8, 4) is 0 Å². The first-order valence-corrected chi connectivity index (χ1v) is 6.60. The van der Waals surface area contributed by atoms with Gasteiger partial charge < -0.3 is 21.3 Å². The van der Waals surface area contributed by atoms with Gasteiger partial charge in [0.2, 0.25) is 5.91 Å². The van der Waals surface area contributed by atoms with Gasteiger partial charge in [0, 0.05) is 26.3 Å². The summed E-state index contributed by atoms with van der Waals surface area (Å²) >= 11 is 0. The minimum absolute atomic E-state index is 0.108. The molecule has 0 aliphatic heterocycles. The molecule has 1 aromatic carbocycles. The van der Waals surface area contributed by atoms with Crippen LogP contribution in [0.25, 0.3) is 0 Å². The molecule has 0 atom stereocenters. The Morgan fingerprint density at radius 2 is 1.95 bits per heavy atom. The van der Waals surface area contributed by atoms with Crippen LogP contribution in [0, 0.1) is 0 Å². The summed E-state index contributed by atoms with van der Waals surface area (Å²) < 4.78 is 0. The summed E-state index contributed by atoms with van der Waals surface area (Å²) in [5, 5.41) is 5.19. The normalized spacial score (nSPS) is 9.95. The van der Waals surface area contributed by atoms with E-state index in [4.69, 9.17) is 5.73 Å². The van der Waals surface area contributed by atoms with E-state index in [1.807, 2.05) is 11.8 Å². The number of nitrogens with zero attached hydrogens (tertiary/aromatic N) is 1. The van der Waals surface area contributed by atoms with Crippen LogP contribution in [0.2, 0.25) is 0 Å². The van der Waals surface area contributed by atoms with Crippen molar-refractivity contribution in [2.75, 3.05) is 37.8 Å². The third-order valence-corrected chi connectivity index (χ3v) is 2.94. The van der Waals surface area contributed by atoms with E-state index in [9.17, 15) is 9.59 Å². The third-order valence-electron chi connectivity index (χ3n) is 2.94. The Kier molecular flexibility index (Phi) is 5.83. The van der Waals surface area contributed by atoms with Crippen LogP contribution in [0.5, 0.6) is 0 Å². The number of hydrogen-bond donors (Lipinski definition) is 3. The third kappa shape index (κ3) is 3.88. The Hall–Kier alpha value is -2.24. The van der Waals surface area contributed by atoms with E-state index < -0.39 is 0 Å². The fourth-order valence-electron chi connectivity index (χ4n) is 1.94. The lowest BCUT2D eigenvalue weighted by molar-refractivity contribution is -0.119. The van der Waals surface area contributed by atoms with Crippen LogP contribution in [-0.4, -0.2) is 39.0 Å². The van der Waals surface area contributed by atoms with E-state index in [-0.39, 0.29) is 18.4 Å². The maximum Gasteiger partial charge on any atom is 0.253 e. The van der Waals surface area contributed by atoms with Gasteiger partial charge in [-0.3, -0.25) is 9.59 Å². The number of benzene rings is 1. The number of rotatable bonds is 6. The summed E-state index contributed by atoms with van der Waals surface area (Å²) in [6, 6.07) is 5.08. The fraction of sp³-hybridized carbons (Fsp3) is 0.429. The molecule has 0 aliphatic carbocycles. The molecule has 1 aromatic rings. The van der Waals surface area contributed by atoms with Gasteiger partial charge in [-0.15, -0.1) is 0 Å². The van der Waals surface area contributed by atoms with Gasteiger partial charge in [0.05, 0.1) is 17.8 Å². The molecule has 0 unspecified atom stereocenters.